The number of fused-ring (bicyclic) bond motifs is 1. The molecular formula is C16H14INO. The molecule has 2 aromatic carbocycles. The third kappa shape index (κ3) is 2.23. The first kappa shape index (κ1) is 12.5. The van der Waals surface area contributed by atoms with E-state index in [4.69, 9.17) is 0 Å². The van der Waals surface area contributed by atoms with Crippen molar-refractivity contribution in [1.82, 2.24) is 4.57 Å². The zero-order valence-electron chi connectivity index (χ0n) is 10.6. The minimum Gasteiger partial charge on any atom is -0.494 e. The van der Waals surface area contributed by atoms with E-state index in [9.17, 15) is 5.11 Å². The van der Waals surface area contributed by atoms with Crippen molar-refractivity contribution in [2.24, 2.45) is 0 Å². The van der Waals surface area contributed by atoms with E-state index in [0.717, 1.165) is 14.3 Å². The SMILES string of the molecule is Cc1ccccc1Cn1cc2cccc(I)c2c1O. The minimum atomic E-state index is 0.350. The molecule has 1 aromatic heterocycles. The first-order valence-corrected chi connectivity index (χ1v) is 7.25. The standard InChI is InChI=1S/C16H14INO/c1-11-5-2-3-6-12(11)9-18-10-13-7-4-8-14(17)15(13)16(18)19/h2-8,10,19H,9H2,1H3. The second kappa shape index (κ2) is 4.89. The van der Waals surface area contributed by atoms with Gasteiger partial charge in [0.05, 0.1) is 11.9 Å². The van der Waals surface area contributed by atoms with Crippen molar-refractivity contribution in [3.8, 4) is 5.88 Å². The van der Waals surface area contributed by atoms with Gasteiger partial charge in [0.15, 0.2) is 5.88 Å². The van der Waals surface area contributed by atoms with Gasteiger partial charge in [0.1, 0.15) is 0 Å². The van der Waals surface area contributed by atoms with Gasteiger partial charge in [-0.2, -0.15) is 0 Å². The van der Waals surface area contributed by atoms with Crippen molar-refractivity contribution in [3.05, 3.63) is 63.4 Å². The Hall–Kier alpha value is -1.49. The number of hydrogen-bond acceptors (Lipinski definition) is 1. The predicted octanol–water partition coefficient (Wildman–Crippen LogP) is 4.31. The highest BCUT2D eigenvalue weighted by Gasteiger charge is 2.11. The summed E-state index contributed by atoms with van der Waals surface area (Å²) in [5.74, 6) is 0.350. The second-order valence-electron chi connectivity index (χ2n) is 4.71. The van der Waals surface area contributed by atoms with Crippen LogP contribution in [0.5, 0.6) is 5.88 Å². The summed E-state index contributed by atoms with van der Waals surface area (Å²) in [5.41, 5.74) is 2.47. The molecule has 0 amide bonds. The summed E-state index contributed by atoms with van der Waals surface area (Å²) >= 11 is 2.26. The number of hydrogen-bond donors (Lipinski definition) is 1. The summed E-state index contributed by atoms with van der Waals surface area (Å²) in [6.07, 6.45) is 2.01. The maximum absolute atomic E-state index is 10.4. The normalized spacial score (nSPS) is 11.1. The number of rotatable bonds is 2. The molecule has 3 aromatic rings. The van der Waals surface area contributed by atoms with Crippen molar-refractivity contribution in [2.75, 3.05) is 0 Å². The fourth-order valence-corrected chi connectivity index (χ4v) is 3.11. The summed E-state index contributed by atoms with van der Waals surface area (Å²) in [7, 11) is 0. The Morgan fingerprint density at radius 1 is 1.11 bits per heavy atom. The van der Waals surface area contributed by atoms with Crippen LogP contribution < -0.4 is 0 Å². The Morgan fingerprint density at radius 3 is 2.63 bits per heavy atom. The van der Waals surface area contributed by atoms with Crippen molar-refractivity contribution < 1.29 is 5.11 Å². The quantitative estimate of drug-likeness (QED) is 0.675. The molecular weight excluding hydrogens is 349 g/mol. The molecule has 1 heterocycles. The van der Waals surface area contributed by atoms with Gasteiger partial charge >= 0.3 is 0 Å². The van der Waals surface area contributed by atoms with Crippen molar-refractivity contribution >= 4 is 33.4 Å². The smallest absolute Gasteiger partial charge is 0.200 e. The highest BCUT2D eigenvalue weighted by atomic mass is 127. The molecule has 0 aliphatic heterocycles. The third-order valence-corrected chi connectivity index (χ3v) is 4.34. The number of halogens is 1. The van der Waals surface area contributed by atoms with E-state index in [2.05, 4.69) is 41.6 Å². The van der Waals surface area contributed by atoms with Crippen LogP contribution in [0.15, 0.2) is 48.7 Å². The lowest BCUT2D eigenvalue weighted by Gasteiger charge is -2.08. The molecule has 19 heavy (non-hydrogen) atoms. The topological polar surface area (TPSA) is 25.2 Å². The summed E-state index contributed by atoms with van der Waals surface area (Å²) in [5, 5.41) is 12.4. The maximum Gasteiger partial charge on any atom is 0.200 e. The van der Waals surface area contributed by atoms with E-state index in [1.54, 1.807) is 0 Å². The second-order valence-corrected chi connectivity index (χ2v) is 5.87. The van der Waals surface area contributed by atoms with Crippen LogP contribution in [-0.2, 0) is 6.54 Å². The lowest BCUT2D eigenvalue weighted by molar-refractivity contribution is 0.430. The Bertz CT molecular complexity index is 746. The largest absolute Gasteiger partial charge is 0.494 e. The van der Waals surface area contributed by atoms with Crippen LogP contribution in [0.25, 0.3) is 10.8 Å². The summed E-state index contributed by atoms with van der Waals surface area (Å²) < 4.78 is 2.99. The molecule has 0 radical (unpaired) electrons. The number of nitrogens with zero attached hydrogens (tertiary/aromatic N) is 1. The van der Waals surface area contributed by atoms with Crippen molar-refractivity contribution in [1.29, 1.82) is 0 Å². The number of aryl methyl sites for hydroxylation is 1. The molecule has 3 rings (SSSR count). The van der Waals surface area contributed by atoms with E-state index in [-0.39, 0.29) is 0 Å². The van der Waals surface area contributed by atoms with Crippen LogP contribution in [0.3, 0.4) is 0 Å². The summed E-state index contributed by atoms with van der Waals surface area (Å²) in [6, 6.07) is 14.3. The summed E-state index contributed by atoms with van der Waals surface area (Å²) in [6.45, 7) is 2.79. The predicted molar refractivity (Wildman–Crippen MR) is 86.6 cm³/mol. The molecule has 0 bridgehead atoms. The maximum atomic E-state index is 10.4. The van der Waals surface area contributed by atoms with Gasteiger partial charge in [0, 0.05) is 15.2 Å². The average Bonchev–Trinajstić information content (AvgIpc) is 2.71. The van der Waals surface area contributed by atoms with Crippen LogP contribution in [0.1, 0.15) is 11.1 Å². The Morgan fingerprint density at radius 2 is 1.89 bits per heavy atom. The van der Waals surface area contributed by atoms with E-state index in [0.29, 0.717) is 12.4 Å². The van der Waals surface area contributed by atoms with E-state index < -0.39 is 0 Å². The molecule has 1 N–H and O–H groups in total. The van der Waals surface area contributed by atoms with E-state index in [1.807, 2.05) is 41.1 Å². The van der Waals surface area contributed by atoms with Crippen LogP contribution in [-0.4, -0.2) is 9.67 Å². The molecule has 0 aliphatic rings. The molecule has 2 nitrogen and oxygen atoms in total. The van der Waals surface area contributed by atoms with E-state index in [1.165, 1.54) is 11.1 Å². The van der Waals surface area contributed by atoms with Gasteiger partial charge in [-0.15, -0.1) is 0 Å². The van der Waals surface area contributed by atoms with Gasteiger partial charge in [-0.25, -0.2) is 0 Å². The van der Waals surface area contributed by atoms with Gasteiger partial charge in [-0.3, -0.25) is 0 Å². The van der Waals surface area contributed by atoms with Gasteiger partial charge in [-0.1, -0.05) is 36.4 Å². The molecule has 0 fully saturated rings. The minimum absolute atomic E-state index is 0.350. The number of aromatic hydroxyl groups is 1. The zero-order chi connectivity index (χ0) is 13.4. The van der Waals surface area contributed by atoms with Gasteiger partial charge < -0.3 is 9.67 Å². The molecule has 0 unspecified atom stereocenters. The first-order valence-electron chi connectivity index (χ1n) is 6.17. The highest BCUT2D eigenvalue weighted by Crippen LogP contribution is 2.31. The Labute approximate surface area is 125 Å². The molecule has 96 valence electrons. The highest BCUT2D eigenvalue weighted by molar-refractivity contribution is 14.1. The molecule has 3 heteroatoms. The first-order chi connectivity index (χ1) is 9.16. The molecule has 0 saturated heterocycles. The fraction of sp³-hybridized carbons (Fsp3) is 0.125. The molecule has 0 atom stereocenters. The molecule has 0 spiro atoms. The Balaban J connectivity index is 2.10. The summed E-state index contributed by atoms with van der Waals surface area (Å²) in [4.78, 5) is 0. The lowest BCUT2D eigenvalue weighted by Crippen LogP contribution is -1.99. The van der Waals surface area contributed by atoms with Crippen molar-refractivity contribution in [2.45, 2.75) is 13.5 Å². The van der Waals surface area contributed by atoms with Crippen molar-refractivity contribution in [3.63, 3.8) is 0 Å². The number of aromatic nitrogens is 1. The zero-order valence-corrected chi connectivity index (χ0v) is 12.8. The van der Waals surface area contributed by atoms with Crippen LogP contribution in [0.4, 0.5) is 0 Å². The lowest BCUT2D eigenvalue weighted by atomic mass is 10.1. The van der Waals surface area contributed by atoms with Gasteiger partial charge in [-0.05, 0) is 46.7 Å². The molecule has 0 aliphatic carbocycles. The van der Waals surface area contributed by atoms with Crippen LogP contribution in [0.2, 0.25) is 0 Å². The van der Waals surface area contributed by atoms with E-state index >= 15 is 0 Å². The van der Waals surface area contributed by atoms with Crippen LogP contribution >= 0.6 is 22.6 Å². The fourth-order valence-electron chi connectivity index (χ4n) is 2.35. The van der Waals surface area contributed by atoms with Gasteiger partial charge in [0.25, 0.3) is 0 Å². The van der Waals surface area contributed by atoms with Gasteiger partial charge in [0.2, 0.25) is 0 Å². The monoisotopic (exact) mass is 363 g/mol. The molecule has 0 saturated carbocycles. The average molecular weight is 363 g/mol. The number of benzene rings is 2. The van der Waals surface area contributed by atoms with Crippen LogP contribution in [0, 0.1) is 10.5 Å². The Kier molecular flexibility index (Phi) is 3.22. The third-order valence-electron chi connectivity index (χ3n) is 3.44.